The fraction of sp³-hybridized carbons (Fsp3) is 0.353. The standard InChI is InChI=1S/C17H20N2O2/c1-19-12-4-7-16(19)17(20)18-13-8-10-15(11-9-13)21-14-5-2-3-6-14/h4,7-12,14H,2-3,5-6H2,1H3,(H,18,20). The highest BCUT2D eigenvalue weighted by atomic mass is 16.5. The lowest BCUT2D eigenvalue weighted by Gasteiger charge is -2.13. The van der Waals surface area contributed by atoms with Gasteiger partial charge in [-0.1, -0.05) is 0 Å². The Labute approximate surface area is 124 Å². The van der Waals surface area contributed by atoms with Crippen molar-refractivity contribution >= 4 is 11.6 Å². The van der Waals surface area contributed by atoms with Gasteiger partial charge in [0, 0.05) is 18.9 Å². The van der Waals surface area contributed by atoms with Crippen LogP contribution >= 0.6 is 0 Å². The second kappa shape index (κ2) is 6.04. The molecular formula is C17H20N2O2. The van der Waals surface area contributed by atoms with Gasteiger partial charge in [0.1, 0.15) is 11.4 Å². The zero-order chi connectivity index (χ0) is 14.7. The topological polar surface area (TPSA) is 43.3 Å². The molecule has 0 atom stereocenters. The first-order chi connectivity index (χ1) is 10.2. The van der Waals surface area contributed by atoms with Crippen LogP contribution in [-0.4, -0.2) is 16.6 Å². The SMILES string of the molecule is Cn1cccc1C(=O)Nc1ccc(OC2CCCC2)cc1. The largest absolute Gasteiger partial charge is 0.490 e. The summed E-state index contributed by atoms with van der Waals surface area (Å²) in [6, 6.07) is 11.2. The van der Waals surface area contributed by atoms with E-state index in [2.05, 4.69) is 5.32 Å². The van der Waals surface area contributed by atoms with Crippen LogP contribution in [0.5, 0.6) is 5.75 Å². The molecule has 0 radical (unpaired) electrons. The molecule has 21 heavy (non-hydrogen) atoms. The van der Waals surface area contributed by atoms with Crippen molar-refractivity contribution in [3.8, 4) is 5.75 Å². The van der Waals surface area contributed by atoms with Crippen LogP contribution in [0.15, 0.2) is 42.6 Å². The summed E-state index contributed by atoms with van der Waals surface area (Å²) >= 11 is 0. The minimum atomic E-state index is -0.105. The van der Waals surface area contributed by atoms with Crippen molar-refractivity contribution in [1.82, 2.24) is 4.57 Å². The molecule has 0 saturated heterocycles. The highest BCUT2D eigenvalue weighted by Crippen LogP contribution is 2.25. The number of nitrogens with one attached hydrogen (secondary N) is 1. The Hall–Kier alpha value is -2.23. The van der Waals surface area contributed by atoms with Gasteiger partial charge in [0.25, 0.3) is 5.91 Å². The first kappa shape index (κ1) is 13.7. The number of aryl methyl sites for hydroxylation is 1. The summed E-state index contributed by atoms with van der Waals surface area (Å²) in [6.45, 7) is 0. The third-order valence-corrected chi connectivity index (χ3v) is 3.89. The van der Waals surface area contributed by atoms with E-state index in [0.29, 0.717) is 11.8 Å². The number of rotatable bonds is 4. The van der Waals surface area contributed by atoms with Crippen molar-refractivity contribution in [1.29, 1.82) is 0 Å². The molecule has 1 N–H and O–H groups in total. The van der Waals surface area contributed by atoms with E-state index in [4.69, 9.17) is 4.74 Å². The number of nitrogens with zero attached hydrogens (tertiary/aromatic N) is 1. The van der Waals surface area contributed by atoms with Gasteiger partial charge in [-0.2, -0.15) is 0 Å². The molecule has 1 heterocycles. The van der Waals surface area contributed by atoms with Gasteiger partial charge < -0.3 is 14.6 Å². The van der Waals surface area contributed by atoms with Gasteiger partial charge in [0.05, 0.1) is 6.10 Å². The van der Waals surface area contributed by atoms with E-state index in [-0.39, 0.29) is 5.91 Å². The molecule has 1 saturated carbocycles. The number of carbonyl (C=O) groups is 1. The Morgan fingerprint density at radius 2 is 1.90 bits per heavy atom. The normalized spacial score (nSPS) is 15.1. The van der Waals surface area contributed by atoms with E-state index in [9.17, 15) is 4.79 Å². The van der Waals surface area contributed by atoms with Crippen LogP contribution in [0.1, 0.15) is 36.2 Å². The van der Waals surface area contributed by atoms with Crippen LogP contribution in [-0.2, 0) is 7.05 Å². The number of hydrogen-bond donors (Lipinski definition) is 1. The lowest BCUT2D eigenvalue weighted by Crippen LogP contribution is -2.15. The van der Waals surface area contributed by atoms with Crippen molar-refractivity contribution < 1.29 is 9.53 Å². The summed E-state index contributed by atoms with van der Waals surface area (Å²) in [6.07, 6.45) is 7.02. The molecule has 110 valence electrons. The van der Waals surface area contributed by atoms with Gasteiger partial charge in [-0.05, 0) is 62.1 Å². The molecule has 4 nitrogen and oxygen atoms in total. The number of benzene rings is 1. The molecule has 0 spiro atoms. The lowest BCUT2D eigenvalue weighted by atomic mass is 10.2. The Balaban J connectivity index is 1.61. The fourth-order valence-corrected chi connectivity index (χ4v) is 2.71. The van der Waals surface area contributed by atoms with Gasteiger partial charge in [-0.25, -0.2) is 0 Å². The average Bonchev–Trinajstić information content (AvgIpc) is 3.12. The summed E-state index contributed by atoms with van der Waals surface area (Å²) in [5.41, 5.74) is 1.42. The summed E-state index contributed by atoms with van der Waals surface area (Å²) in [4.78, 5) is 12.1. The number of ether oxygens (including phenoxy) is 1. The van der Waals surface area contributed by atoms with Crippen LogP contribution in [0.25, 0.3) is 0 Å². The van der Waals surface area contributed by atoms with Crippen LogP contribution < -0.4 is 10.1 Å². The molecule has 1 aromatic heterocycles. The number of hydrogen-bond acceptors (Lipinski definition) is 2. The van der Waals surface area contributed by atoms with Crippen molar-refractivity contribution in [3.63, 3.8) is 0 Å². The Morgan fingerprint density at radius 1 is 1.19 bits per heavy atom. The second-order valence-corrected chi connectivity index (χ2v) is 5.51. The molecule has 1 amide bonds. The van der Waals surface area contributed by atoms with Gasteiger partial charge in [0.15, 0.2) is 0 Å². The number of amides is 1. The third-order valence-electron chi connectivity index (χ3n) is 3.89. The summed E-state index contributed by atoms with van der Waals surface area (Å²) in [7, 11) is 1.85. The van der Waals surface area contributed by atoms with Crippen LogP contribution in [0, 0.1) is 0 Å². The zero-order valence-corrected chi connectivity index (χ0v) is 12.2. The number of aromatic nitrogens is 1. The fourth-order valence-electron chi connectivity index (χ4n) is 2.71. The quantitative estimate of drug-likeness (QED) is 0.932. The molecule has 0 unspecified atom stereocenters. The molecule has 1 aliphatic carbocycles. The number of anilines is 1. The van der Waals surface area contributed by atoms with E-state index >= 15 is 0 Å². The maximum absolute atomic E-state index is 12.1. The van der Waals surface area contributed by atoms with E-state index < -0.39 is 0 Å². The predicted molar refractivity (Wildman–Crippen MR) is 82.7 cm³/mol. The Morgan fingerprint density at radius 3 is 2.52 bits per heavy atom. The maximum atomic E-state index is 12.1. The van der Waals surface area contributed by atoms with Gasteiger partial charge >= 0.3 is 0 Å². The Bertz CT molecular complexity index is 610. The highest BCUT2D eigenvalue weighted by molar-refractivity contribution is 6.03. The van der Waals surface area contributed by atoms with Crippen LogP contribution in [0.4, 0.5) is 5.69 Å². The van der Waals surface area contributed by atoms with E-state index in [1.807, 2.05) is 43.6 Å². The van der Waals surface area contributed by atoms with E-state index in [1.165, 1.54) is 12.8 Å². The second-order valence-electron chi connectivity index (χ2n) is 5.51. The summed E-state index contributed by atoms with van der Waals surface area (Å²) in [5.74, 6) is 0.769. The monoisotopic (exact) mass is 284 g/mol. The first-order valence-electron chi connectivity index (χ1n) is 7.42. The van der Waals surface area contributed by atoms with Crippen molar-refractivity contribution in [3.05, 3.63) is 48.3 Å². The van der Waals surface area contributed by atoms with Gasteiger partial charge in [0.2, 0.25) is 0 Å². The molecule has 1 fully saturated rings. The van der Waals surface area contributed by atoms with Crippen molar-refractivity contribution in [2.75, 3.05) is 5.32 Å². The van der Waals surface area contributed by atoms with Gasteiger partial charge in [-0.3, -0.25) is 4.79 Å². The molecule has 3 rings (SSSR count). The van der Waals surface area contributed by atoms with Crippen molar-refractivity contribution in [2.24, 2.45) is 7.05 Å². The molecule has 1 aliphatic rings. The average molecular weight is 284 g/mol. The van der Waals surface area contributed by atoms with Crippen LogP contribution in [0.2, 0.25) is 0 Å². The number of carbonyl (C=O) groups excluding carboxylic acids is 1. The summed E-state index contributed by atoms with van der Waals surface area (Å²) in [5, 5.41) is 2.89. The smallest absolute Gasteiger partial charge is 0.272 e. The minimum absolute atomic E-state index is 0.105. The molecule has 1 aromatic carbocycles. The maximum Gasteiger partial charge on any atom is 0.272 e. The molecule has 2 aromatic rings. The van der Waals surface area contributed by atoms with E-state index in [0.717, 1.165) is 24.3 Å². The molecule has 0 aliphatic heterocycles. The molecule has 0 bridgehead atoms. The molecule has 4 heteroatoms. The van der Waals surface area contributed by atoms with Gasteiger partial charge in [-0.15, -0.1) is 0 Å². The van der Waals surface area contributed by atoms with Crippen LogP contribution in [0.3, 0.4) is 0 Å². The molecular weight excluding hydrogens is 264 g/mol. The lowest BCUT2D eigenvalue weighted by molar-refractivity contribution is 0.101. The zero-order valence-electron chi connectivity index (χ0n) is 12.2. The summed E-state index contributed by atoms with van der Waals surface area (Å²) < 4.78 is 7.71. The third kappa shape index (κ3) is 3.27. The Kier molecular flexibility index (Phi) is 3.95. The first-order valence-corrected chi connectivity index (χ1v) is 7.42. The minimum Gasteiger partial charge on any atom is -0.490 e. The highest BCUT2D eigenvalue weighted by Gasteiger charge is 2.16. The van der Waals surface area contributed by atoms with Crippen molar-refractivity contribution in [2.45, 2.75) is 31.8 Å². The predicted octanol–water partition coefficient (Wildman–Crippen LogP) is 3.60. The van der Waals surface area contributed by atoms with E-state index in [1.54, 1.807) is 10.6 Å².